The quantitative estimate of drug-likeness (QED) is 0.847. The molecule has 0 fully saturated rings. The Bertz CT molecular complexity index is 380. The summed E-state index contributed by atoms with van der Waals surface area (Å²) in [5.74, 6) is 0.237. The number of amides is 1. The largest absolute Gasteiger partial charge is 0.350 e. The highest BCUT2D eigenvalue weighted by atomic mass is 35.5. The summed E-state index contributed by atoms with van der Waals surface area (Å²) >= 11 is 11.7. The first-order valence-electron chi connectivity index (χ1n) is 5.02. The molecule has 1 aromatic heterocycles. The van der Waals surface area contributed by atoms with E-state index < -0.39 is 0 Å². The molecule has 0 atom stereocenters. The van der Waals surface area contributed by atoms with Gasteiger partial charge in [0.05, 0.1) is 18.1 Å². The smallest absolute Gasteiger partial charge is 0.222 e. The normalized spacial score (nSPS) is 10.6. The predicted octanol–water partition coefficient (Wildman–Crippen LogP) is 2.75. The first kappa shape index (κ1) is 13.3. The summed E-state index contributed by atoms with van der Waals surface area (Å²) in [6.07, 6.45) is 1.61. The van der Waals surface area contributed by atoms with Gasteiger partial charge in [-0.15, -0.1) is 11.6 Å². The summed E-state index contributed by atoms with van der Waals surface area (Å²) < 4.78 is 0. The first-order valence-corrected chi connectivity index (χ1v) is 5.93. The van der Waals surface area contributed by atoms with E-state index in [2.05, 4.69) is 10.3 Å². The number of carbonyl (C=O) groups is 1. The van der Waals surface area contributed by atoms with Gasteiger partial charge in [0, 0.05) is 22.7 Å². The average molecular weight is 261 g/mol. The zero-order valence-electron chi connectivity index (χ0n) is 9.26. The number of pyridine rings is 1. The number of rotatable bonds is 4. The van der Waals surface area contributed by atoms with Crippen LogP contribution in [0.2, 0.25) is 5.02 Å². The van der Waals surface area contributed by atoms with Crippen LogP contribution in [0.15, 0.2) is 12.3 Å². The summed E-state index contributed by atoms with van der Waals surface area (Å²) in [7, 11) is 0. The van der Waals surface area contributed by atoms with Crippen LogP contribution in [0, 0.1) is 5.92 Å². The molecule has 1 heterocycles. The number of alkyl halides is 1. The summed E-state index contributed by atoms with van der Waals surface area (Å²) in [6.45, 7) is 4.03. The van der Waals surface area contributed by atoms with Crippen LogP contribution in [0.25, 0.3) is 0 Å². The second-order valence-electron chi connectivity index (χ2n) is 3.72. The minimum Gasteiger partial charge on any atom is -0.350 e. The van der Waals surface area contributed by atoms with Crippen molar-refractivity contribution in [2.45, 2.75) is 26.3 Å². The van der Waals surface area contributed by atoms with Gasteiger partial charge in [0.2, 0.25) is 5.91 Å². The van der Waals surface area contributed by atoms with Crippen molar-refractivity contribution in [2.24, 2.45) is 5.92 Å². The average Bonchev–Trinajstić information content (AvgIpc) is 2.25. The molecule has 0 aliphatic carbocycles. The Labute approximate surface area is 105 Å². The maximum Gasteiger partial charge on any atom is 0.222 e. The third kappa shape index (κ3) is 3.35. The van der Waals surface area contributed by atoms with Gasteiger partial charge in [0.15, 0.2) is 0 Å². The van der Waals surface area contributed by atoms with E-state index in [-0.39, 0.29) is 11.8 Å². The minimum atomic E-state index is -0.0429. The van der Waals surface area contributed by atoms with E-state index in [1.165, 1.54) is 0 Å². The zero-order valence-corrected chi connectivity index (χ0v) is 10.8. The van der Waals surface area contributed by atoms with Gasteiger partial charge in [0.1, 0.15) is 0 Å². The van der Waals surface area contributed by atoms with Crippen LogP contribution in [-0.2, 0) is 17.2 Å². The van der Waals surface area contributed by atoms with Crippen LogP contribution >= 0.6 is 23.2 Å². The van der Waals surface area contributed by atoms with Gasteiger partial charge in [-0.25, -0.2) is 0 Å². The summed E-state index contributed by atoms with van der Waals surface area (Å²) in [5.41, 5.74) is 1.49. The van der Waals surface area contributed by atoms with Crippen molar-refractivity contribution in [3.8, 4) is 0 Å². The number of nitrogens with one attached hydrogen (secondary N) is 1. The van der Waals surface area contributed by atoms with Crippen LogP contribution in [0.4, 0.5) is 0 Å². The third-order valence-corrected chi connectivity index (χ3v) is 2.80. The number of carbonyl (C=O) groups excluding carboxylic acids is 1. The summed E-state index contributed by atoms with van der Waals surface area (Å²) in [5, 5.41) is 3.36. The molecule has 0 bridgehead atoms. The Morgan fingerprint density at radius 1 is 1.56 bits per heavy atom. The Hall–Kier alpha value is -0.800. The van der Waals surface area contributed by atoms with Crippen molar-refractivity contribution in [3.63, 3.8) is 0 Å². The van der Waals surface area contributed by atoms with E-state index in [9.17, 15) is 4.79 Å². The van der Waals surface area contributed by atoms with Crippen molar-refractivity contribution in [2.75, 3.05) is 0 Å². The van der Waals surface area contributed by atoms with Gasteiger partial charge >= 0.3 is 0 Å². The minimum absolute atomic E-state index is 0.0118. The second-order valence-corrected chi connectivity index (χ2v) is 4.40. The maximum absolute atomic E-state index is 11.4. The number of hydrogen-bond donors (Lipinski definition) is 1. The molecule has 0 aromatic carbocycles. The summed E-state index contributed by atoms with van der Waals surface area (Å²) in [6, 6.07) is 1.69. The van der Waals surface area contributed by atoms with Gasteiger partial charge < -0.3 is 5.32 Å². The first-order chi connectivity index (χ1) is 7.56. The molecular weight excluding hydrogens is 247 g/mol. The lowest BCUT2D eigenvalue weighted by molar-refractivity contribution is -0.124. The van der Waals surface area contributed by atoms with Crippen LogP contribution in [0.1, 0.15) is 25.1 Å². The predicted molar refractivity (Wildman–Crippen MR) is 65.5 cm³/mol. The highest BCUT2D eigenvalue weighted by Crippen LogP contribution is 2.19. The summed E-state index contributed by atoms with van der Waals surface area (Å²) in [4.78, 5) is 15.6. The fraction of sp³-hybridized carbons (Fsp3) is 0.455. The SMILES string of the molecule is CC(C)C(=O)NCc1nccc(Cl)c1CCl. The second kappa shape index (κ2) is 6.06. The van der Waals surface area contributed by atoms with Gasteiger partial charge in [0.25, 0.3) is 0 Å². The Kier molecular flexibility index (Phi) is 5.03. The molecule has 0 spiro atoms. The van der Waals surface area contributed by atoms with Gasteiger partial charge in [-0.1, -0.05) is 25.4 Å². The van der Waals surface area contributed by atoms with Crippen molar-refractivity contribution in [1.82, 2.24) is 10.3 Å². The van der Waals surface area contributed by atoms with Crippen LogP contribution in [0.3, 0.4) is 0 Å². The lowest BCUT2D eigenvalue weighted by Crippen LogP contribution is -2.28. The van der Waals surface area contributed by atoms with Gasteiger partial charge in [-0.3, -0.25) is 9.78 Å². The number of hydrogen-bond acceptors (Lipinski definition) is 2. The molecule has 1 rings (SSSR count). The van der Waals surface area contributed by atoms with E-state index in [4.69, 9.17) is 23.2 Å². The van der Waals surface area contributed by atoms with E-state index in [1.54, 1.807) is 12.3 Å². The molecule has 0 aliphatic heterocycles. The van der Waals surface area contributed by atoms with Crippen molar-refractivity contribution < 1.29 is 4.79 Å². The van der Waals surface area contributed by atoms with E-state index >= 15 is 0 Å². The molecule has 0 aliphatic rings. The standard InChI is InChI=1S/C11H14Cl2N2O/c1-7(2)11(16)15-6-10-8(5-12)9(13)3-4-14-10/h3-4,7H,5-6H2,1-2H3,(H,15,16). The van der Waals surface area contributed by atoms with Crippen molar-refractivity contribution in [3.05, 3.63) is 28.5 Å². The zero-order chi connectivity index (χ0) is 12.1. The lowest BCUT2D eigenvalue weighted by Gasteiger charge is -2.10. The molecule has 0 unspecified atom stereocenters. The molecule has 88 valence electrons. The molecule has 5 heteroatoms. The van der Waals surface area contributed by atoms with Crippen molar-refractivity contribution >= 4 is 29.1 Å². The van der Waals surface area contributed by atoms with Crippen LogP contribution in [0.5, 0.6) is 0 Å². The maximum atomic E-state index is 11.4. The molecular formula is C11H14Cl2N2O. The van der Waals surface area contributed by atoms with E-state index in [0.29, 0.717) is 17.4 Å². The van der Waals surface area contributed by atoms with Crippen molar-refractivity contribution in [1.29, 1.82) is 0 Å². The molecule has 0 saturated heterocycles. The van der Waals surface area contributed by atoms with Crippen LogP contribution in [-0.4, -0.2) is 10.9 Å². The van der Waals surface area contributed by atoms with E-state index in [0.717, 1.165) is 11.3 Å². The Balaban J connectivity index is 2.74. The lowest BCUT2D eigenvalue weighted by atomic mass is 10.2. The fourth-order valence-corrected chi connectivity index (χ4v) is 1.78. The topological polar surface area (TPSA) is 42.0 Å². The monoisotopic (exact) mass is 260 g/mol. The highest BCUT2D eigenvalue weighted by molar-refractivity contribution is 6.32. The van der Waals surface area contributed by atoms with Crippen LogP contribution < -0.4 is 5.32 Å². The van der Waals surface area contributed by atoms with Gasteiger partial charge in [-0.2, -0.15) is 0 Å². The number of aromatic nitrogens is 1. The Morgan fingerprint density at radius 2 is 2.25 bits per heavy atom. The molecule has 0 saturated carbocycles. The number of halogens is 2. The molecule has 1 amide bonds. The molecule has 16 heavy (non-hydrogen) atoms. The number of nitrogens with zero attached hydrogens (tertiary/aromatic N) is 1. The van der Waals surface area contributed by atoms with E-state index in [1.807, 2.05) is 13.8 Å². The third-order valence-electron chi connectivity index (χ3n) is 2.18. The molecule has 1 N–H and O–H groups in total. The molecule has 0 radical (unpaired) electrons. The fourth-order valence-electron chi connectivity index (χ4n) is 1.18. The molecule has 3 nitrogen and oxygen atoms in total. The van der Waals surface area contributed by atoms with Gasteiger partial charge in [-0.05, 0) is 6.07 Å². The molecule has 1 aromatic rings. The highest BCUT2D eigenvalue weighted by Gasteiger charge is 2.10. The Morgan fingerprint density at radius 3 is 2.81 bits per heavy atom.